The molecule has 1 unspecified atom stereocenters. The minimum Gasteiger partial charge on any atom is -0.497 e. The molecule has 0 aliphatic heterocycles. The number of methoxy groups -OCH3 is 1. The van der Waals surface area contributed by atoms with Gasteiger partial charge in [0, 0.05) is 4.88 Å². The van der Waals surface area contributed by atoms with Gasteiger partial charge in [-0.25, -0.2) is 0 Å². The quantitative estimate of drug-likeness (QED) is 0.679. The number of halogens is 2. The molecule has 0 bridgehead atoms. The van der Waals surface area contributed by atoms with E-state index in [9.17, 15) is 0 Å². The molecule has 2 rings (SSSR count). The minimum atomic E-state index is 0.0148. The molecule has 2 aromatic rings. The van der Waals surface area contributed by atoms with Gasteiger partial charge in [0.1, 0.15) is 5.75 Å². The molecule has 96 valence electrons. The predicted molar refractivity (Wildman–Crippen MR) is 82.0 cm³/mol. The zero-order valence-corrected chi connectivity index (χ0v) is 13.4. The van der Waals surface area contributed by atoms with Gasteiger partial charge in [-0.3, -0.25) is 0 Å². The van der Waals surface area contributed by atoms with E-state index in [1.165, 1.54) is 16.0 Å². The van der Waals surface area contributed by atoms with Crippen molar-refractivity contribution >= 4 is 38.9 Å². The van der Waals surface area contributed by atoms with E-state index < -0.39 is 0 Å². The molecular weight excluding hydrogens is 332 g/mol. The monoisotopic (exact) mass is 344 g/mol. The molecule has 0 amide bonds. The maximum absolute atomic E-state index is 6.49. The van der Waals surface area contributed by atoms with Crippen molar-refractivity contribution in [1.82, 2.24) is 0 Å². The first-order valence-electron chi connectivity index (χ1n) is 5.63. The molecule has 1 aromatic heterocycles. The molecular formula is C14H14BrClOS. The number of benzene rings is 1. The first-order valence-corrected chi connectivity index (χ1v) is 7.67. The molecule has 1 nitrogen and oxygen atoms in total. The van der Waals surface area contributed by atoms with Gasteiger partial charge in [-0.15, -0.1) is 22.9 Å². The van der Waals surface area contributed by atoms with Crippen LogP contribution in [0.3, 0.4) is 0 Å². The van der Waals surface area contributed by atoms with Crippen molar-refractivity contribution in [2.24, 2.45) is 0 Å². The van der Waals surface area contributed by atoms with Gasteiger partial charge in [-0.05, 0) is 58.6 Å². The summed E-state index contributed by atoms with van der Waals surface area (Å²) in [6.45, 7) is 2.11. The van der Waals surface area contributed by atoms with Gasteiger partial charge in [-0.1, -0.05) is 12.1 Å². The van der Waals surface area contributed by atoms with Crippen molar-refractivity contribution in [3.05, 3.63) is 50.1 Å². The Bertz CT molecular complexity index is 521. The van der Waals surface area contributed by atoms with Crippen LogP contribution < -0.4 is 4.74 Å². The lowest BCUT2D eigenvalue weighted by molar-refractivity contribution is 0.414. The second-order valence-corrected chi connectivity index (χ2v) is 7.24. The summed E-state index contributed by atoms with van der Waals surface area (Å²) in [7, 11) is 1.67. The molecule has 0 N–H and O–H groups in total. The number of aryl methyl sites for hydroxylation is 1. The third-order valence-corrected chi connectivity index (χ3v) is 4.80. The lowest BCUT2D eigenvalue weighted by atomic mass is 10.0. The van der Waals surface area contributed by atoms with Gasteiger partial charge in [0.2, 0.25) is 0 Å². The Morgan fingerprint density at radius 2 is 2.00 bits per heavy atom. The molecule has 0 aliphatic rings. The molecule has 1 aromatic carbocycles. The fourth-order valence-corrected chi connectivity index (χ4v) is 4.09. The van der Waals surface area contributed by atoms with E-state index in [4.69, 9.17) is 16.3 Å². The average molecular weight is 346 g/mol. The standard InChI is InChI=1S/C14H14BrClOS/c1-9-12(8-14(15)18-9)13(16)7-10-3-5-11(17-2)6-4-10/h3-6,8,13H,7H2,1-2H3. The summed E-state index contributed by atoms with van der Waals surface area (Å²) in [5, 5.41) is 0.0148. The van der Waals surface area contributed by atoms with Crippen LogP contribution in [0.15, 0.2) is 34.1 Å². The van der Waals surface area contributed by atoms with Crippen LogP contribution in [0.1, 0.15) is 21.4 Å². The normalized spacial score (nSPS) is 12.4. The van der Waals surface area contributed by atoms with Crippen LogP contribution in [0, 0.1) is 6.92 Å². The highest BCUT2D eigenvalue weighted by Crippen LogP contribution is 2.35. The molecule has 1 heterocycles. The van der Waals surface area contributed by atoms with Crippen LogP contribution in [-0.4, -0.2) is 7.11 Å². The lowest BCUT2D eigenvalue weighted by Crippen LogP contribution is -1.96. The fraction of sp³-hybridized carbons (Fsp3) is 0.286. The zero-order valence-electron chi connectivity index (χ0n) is 10.2. The topological polar surface area (TPSA) is 9.23 Å². The molecule has 4 heteroatoms. The fourth-order valence-electron chi connectivity index (χ4n) is 1.85. The summed E-state index contributed by atoms with van der Waals surface area (Å²) in [5.74, 6) is 0.874. The van der Waals surface area contributed by atoms with Crippen molar-refractivity contribution in [1.29, 1.82) is 0 Å². The van der Waals surface area contributed by atoms with Gasteiger partial charge in [-0.2, -0.15) is 0 Å². The largest absolute Gasteiger partial charge is 0.497 e. The first-order chi connectivity index (χ1) is 8.60. The minimum absolute atomic E-state index is 0.0148. The van der Waals surface area contributed by atoms with E-state index in [0.717, 1.165) is 16.0 Å². The third-order valence-electron chi connectivity index (χ3n) is 2.84. The summed E-state index contributed by atoms with van der Waals surface area (Å²) in [6.07, 6.45) is 0.829. The van der Waals surface area contributed by atoms with Crippen LogP contribution in [-0.2, 0) is 6.42 Å². The molecule has 0 saturated carbocycles. The van der Waals surface area contributed by atoms with Crippen LogP contribution in [0.2, 0.25) is 0 Å². The third kappa shape index (κ3) is 3.28. The Morgan fingerprint density at radius 1 is 1.33 bits per heavy atom. The first kappa shape index (κ1) is 13.9. The van der Waals surface area contributed by atoms with Gasteiger partial charge in [0.05, 0.1) is 16.3 Å². The van der Waals surface area contributed by atoms with E-state index in [-0.39, 0.29) is 5.38 Å². The van der Waals surface area contributed by atoms with E-state index in [1.54, 1.807) is 18.4 Å². The van der Waals surface area contributed by atoms with Crippen LogP contribution in [0.25, 0.3) is 0 Å². The number of hydrogen-bond acceptors (Lipinski definition) is 2. The van der Waals surface area contributed by atoms with Crippen molar-refractivity contribution in [2.75, 3.05) is 7.11 Å². The van der Waals surface area contributed by atoms with E-state index in [1.807, 2.05) is 12.1 Å². The lowest BCUT2D eigenvalue weighted by Gasteiger charge is -2.10. The molecule has 1 atom stereocenters. The maximum atomic E-state index is 6.49. The Balaban J connectivity index is 2.10. The molecule has 0 aliphatic carbocycles. The van der Waals surface area contributed by atoms with E-state index >= 15 is 0 Å². The highest BCUT2D eigenvalue weighted by atomic mass is 79.9. The molecule has 0 radical (unpaired) electrons. The summed E-state index contributed by atoms with van der Waals surface area (Å²) in [4.78, 5) is 1.27. The molecule has 0 spiro atoms. The van der Waals surface area contributed by atoms with Gasteiger partial charge >= 0.3 is 0 Å². The summed E-state index contributed by atoms with van der Waals surface area (Å²) in [5.41, 5.74) is 2.43. The van der Waals surface area contributed by atoms with Crippen molar-refractivity contribution in [3.8, 4) is 5.75 Å². The second kappa shape index (κ2) is 6.09. The average Bonchev–Trinajstić information content (AvgIpc) is 2.69. The number of hydrogen-bond donors (Lipinski definition) is 0. The SMILES string of the molecule is COc1ccc(CC(Cl)c2cc(Br)sc2C)cc1. The Kier molecular flexibility index (Phi) is 4.71. The number of rotatable bonds is 4. The van der Waals surface area contributed by atoms with Gasteiger partial charge in [0.15, 0.2) is 0 Å². The molecule has 0 fully saturated rings. The second-order valence-electron chi connectivity index (χ2n) is 4.08. The van der Waals surface area contributed by atoms with Gasteiger partial charge < -0.3 is 4.74 Å². The Morgan fingerprint density at radius 3 is 2.50 bits per heavy atom. The zero-order chi connectivity index (χ0) is 13.1. The number of thiophene rings is 1. The van der Waals surface area contributed by atoms with Crippen molar-refractivity contribution in [3.63, 3.8) is 0 Å². The van der Waals surface area contributed by atoms with Crippen molar-refractivity contribution in [2.45, 2.75) is 18.7 Å². The Labute approximate surface area is 125 Å². The van der Waals surface area contributed by atoms with Crippen molar-refractivity contribution < 1.29 is 4.74 Å². The van der Waals surface area contributed by atoms with Crippen LogP contribution in [0.4, 0.5) is 0 Å². The van der Waals surface area contributed by atoms with E-state index in [2.05, 4.69) is 41.1 Å². The highest BCUT2D eigenvalue weighted by Gasteiger charge is 2.14. The van der Waals surface area contributed by atoms with Crippen LogP contribution >= 0.6 is 38.9 Å². The number of ether oxygens (including phenoxy) is 1. The summed E-state index contributed by atoms with van der Waals surface area (Å²) < 4.78 is 6.28. The van der Waals surface area contributed by atoms with E-state index in [0.29, 0.717) is 0 Å². The number of alkyl halides is 1. The molecule has 18 heavy (non-hydrogen) atoms. The predicted octanol–water partition coefficient (Wildman–Crippen LogP) is 5.35. The summed E-state index contributed by atoms with van der Waals surface area (Å²) in [6, 6.07) is 10.2. The maximum Gasteiger partial charge on any atom is 0.118 e. The summed E-state index contributed by atoms with van der Waals surface area (Å²) >= 11 is 11.7. The molecule has 0 saturated heterocycles. The highest BCUT2D eigenvalue weighted by molar-refractivity contribution is 9.11. The van der Waals surface area contributed by atoms with Crippen LogP contribution in [0.5, 0.6) is 5.75 Å². The van der Waals surface area contributed by atoms with Gasteiger partial charge in [0.25, 0.3) is 0 Å². The Hall–Kier alpha value is -0.510. The smallest absolute Gasteiger partial charge is 0.118 e.